The van der Waals surface area contributed by atoms with Gasteiger partial charge in [0.25, 0.3) is 0 Å². The van der Waals surface area contributed by atoms with Crippen LogP contribution in [0.1, 0.15) is 33.1 Å². The Bertz CT molecular complexity index is 153. The fraction of sp³-hybridized carbons (Fsp3) is 1.00. The Morgan fingerprint density at radius 1 is 1.46 bits per heavy atom. The fourth-order valence-electron chi connectivity index (χ4n) is 1.64. The highest BCUT2D eigenvalue weighted by Crippen LogP contribution is 2.22. The smallest absolute Gasteiger partial charge is 0.0436 e. The molecule has 0 radical (unpaired) electrons. The maximum atomic E-state index is 8.83. The van der Waals surface area contributed by atoms with Crippen LogP contribution in [0.25, 0.3) is 0 Å². The van der Waals surface area contributed by atoms with Crippen LogP contribution in [0, 0.1) is 5.41 Å². The van der Waals surface area contributed by atoms with Crippen molar-refractivity contribution in [2.75, 3.05) is 13.2 Å². The molecule has 0 unspecified atom stereocenters. The zero-order valence-electron chi connectivity index (χ0n) is 8.71. The van der Waals surface area contributed by atoms with Crippen molar-refractivity contribution in [3.8, 4) is 0 Å². The minimum Gasteiger partial charge on any atom is -0.396 e. The highest BCUT2D eigenvalue weighted by Gasteiger charge is 2.27. The molecule has 0 aromatic heterocycles. The number of nitrogens with two attached hydrogens (primary N) is 1. The van der Waals surface area contributed by atoms with Crippen molar-refractivity contribution in [1.29, 1.82) is 0 Å². The van der Waals surface area contributed by atoms with E-state index in [9.17, 15) is 0 Å². The average Bonchev–Trinajstić information content (AvgIpc) is 1.96. The van der Waals surface area contributed by atoms with Gasteiger partial charge in [-0.15, -0.1) is 0 Å². The molecule has 0 bridgehead atoms. The molecule has 0 spiro atoms. The van der Waals surface area contributed by atoms with Crippen LogP contribution in [0.15, 0.2) is 0 Å². The molecule has 3 nitrogen and oxygen atoms in total. The maximum Gasteiger partial charge on any atom is 0.0436 e. The molecule has 0 atom stereocenters. The van der Waals surface area contributed by atoms with E-state index >= 15 is 0 Å². The van der Waals surface area contributed by atoms with E-state index in [1.54, 1.807) is 0 Å². The molecular formula is C10H22N2O. The molecule has 0 aromatic carbocycles. The summed E-state index contributed by atoms with van der Waals surface area (Å²) in [7, 11) is 0. The summed E-state index contributed by atoms with van der Waals surface area (Å²) < 4.78 is 0. The van der Waals surface area contributed by atoms with E-state index in [0.29, 0.717) is 12.1 Å². The molecule has 1 aliphatic carbocycles. The largest absolute Gasteiger partial charge is 0.396 e. The molecular weight excluding hydrogens is 164 g/mol. The number of aliphatic hydroxyl groups is 1. The first-order chi connectivity index (χ1) is 6.03. The molecule has 1 rings (SSSR count). The Morgan fingerprint density at radius 2 is 2.08 bits per heavy atom. The van der Waals surface area contributed by atoms with Crippen LogP contribution >= 0.6 is 0 Å². The summed E-state index contributed by atoms with van der Waals surface area (Å²) in [5.41, 5.74) is 5.89. The lowest BCUT2D eigenvalue weighted by Gasteiger charge is -2.36. The molecule has 0 aliphatic heterocycles. The monoisotopic (exact) mass is 186 g/mol. The third kappa shape index (κ3) is 3.63. The molecule has 3 heteroatoms. The number of hydrogen-bond donors (Lipinski definition) is 3. The van der Waals surface area contributed by atoms with Crippen LogP contribution in [0.4, 0.5) is 0 Å². The van der Waals surface area contributed by atoms with Gasteiger partial charge in [-0.25, -0.2) is 0 Å². The third-order valence-corrected chi connectivity index (χ3v) is 2.83. The normalized spacial score (nSPS) is 28.6. The molecule has 0 aromatic rings. The van der Waals surface area contributed by atoms with Crippen LogP contribution in [0.5, 0.6) is 0 Å². The van der Waals surface area contributed by atoms with E-state index in [2.05, 4.69) is 19.2 Å². The van der Waals surface area contributed by atoms with Crippen LogP contribution < -0.4 is 11.1 Å². The van der Waals surface area contributed by atoms with Crippen LogP contribution in [-0.2, 0) is 0 Å². The summed E-state index contributed by atoms with van der Waals surface area (Å²) in [6, 6.07) is 1.03. The lowest BCUT2D eigenvalue weighted by Crippen LogP contribution is -2.50. The maximum absolute atomic E-state index is 8.83. The topological polar surface area (TPSA) is 58.3 Å². The number of nitrogens with one attached hydrogen (secondary N) is 1. The van der Waals surface area contributed by atoms with Gasteiger partial charge in [-0.05, 0) is 24.7 Å². The van der Waals surface area contributed by atoms with Crippen LogP contribution in [0.2, 0.25) is 0 Å². The summed E-state index contributed by atoms with van der Waals surface area (Å²) in [6.45, 7) is 5.60. The van der Waals surface area contributed by atoms with Gasteiger partial charge in [0, 0.05) is 25.2 Å². The second-order valence-electron chi connectivity index (χ2n) is 4.95. The minimum atomic E-state index is 0.203. The van der Waals surface area contributed by atoms with Crippen molar-refractivity contribution < 1.29 is 5.11 Å². The minimum absolute atomic E-state index is 0.203. The van der Waals surface area contributed by atoms with Gasteiger partial charge in [0.05, 0.1) is 0 Å². The van der Waals surface area contributed by atoms with Crippen LogP contribution in [-0.4, -0.2) is 30.3 Å². The molecule has 0 heterocycles. The SMILES string of the molecule is CC(C)(CCO)CNC1CC(N)C1. The molecule has 13 heavy (non-hydrogen) atoms. The Morgan fingerprint density at radius 3 is 2.54 bits per heavy atom. The van der Waals surface area contributed by atoms with E-state index in [1.165, 1.54) is 0 Å². The third-order valence-electron chi connectivity index (χ3n) is 2.83. The Kier molecular flexibility index (Phi) is 3.71. The van der Waals surface area contributed by atoms with Gasteiger partial charge in [-0.1, -0.05) is 13.8 Å². The van der Waals surface area contributed by atoms with Crippen molar-refractivity contribution in [3.63, 3.8) is 0 Å². The molecule has 0 amide bonds. The summed E-state index contributed by atoms with van der Waals surface area (Å²) in [4.78, 5) is 0. The molecule has 1 aliphatic rings. The summed E-state index contributed by atoms with van der Waals surface area (Å²) in [6.07, 6.45) is 3.07. The van der Waals surface area contributed by atoms with E-state index in [-0.39, 0.29) is 12.0 Å². The number of hydrogen-bond acceptors (Lipinski definition) is 3. The number of aliphatic hydroxyl groups excluding tert-OH is 1. The van der Waals surface area contributed by atoms with Crippen molar-refractivity contribution in [2.24, 2.45) is 11.1 Å². The van der Waals surface area contributed by atoms with Crippen LogP contribution in [0.3, 0.4) is 0 Å². The highest BCUT2D eigenvalue weighted by atomic mass is 16.3. The lowest BCUT2D eigenvalue weighted by molar-refractivity contribution is 0.188. The number of rotatable bonds is 5. The van der Waals surface area contributed by atoms with Crippen molar-refractivity contribution in [3.05, 3.63) is 0 Å². The van der Waals surface area contributed by atoms with Crippen molar-refractivity contribution in [2.45, 2.75) is 45.2 Å². The Balaban J connectivity index is 2.10. The predicted octanol–water partition coefficient (Wildman–Crippen LogP) is 0.474. The summed E-state index contributed by atoms with van der Waals surface area (Å²) in [5.74, 6) is 0. The summed E-state index contributed by atoms with van der Waals surface area (Å²) >= 11 is 0. The second kappa shape index (κ2) is 4.40. The Labute approximate surface area is 80.7 Å². The summed E-state index contributed by atoms with van der Waals surface area (Å²) in [5, 5.41) is 12.3. The van der Waals surface area contributed by atoms with Crippen molar-refractivity contribution in [1.82, 2.24) is 5.32 Å². The van der Waals surface area contributed by atoms with Gasteiger partial charge in [0.1, 0.15) is 0 Å². The zero-order chi connectivity index (χ0) is 9.90. The molecule has 78 valence electrons. The molecule has 1 fully saturated rings. The van der Waals surface area contributed by atoms with E-state index in [0.717, 1.165) is 25.8 Å². The van der Waals surface area contributed by atoms with Gasteiger partial charge >= 0.3 is 0 Å². The quantitative estimate of drug-likeness (QED) is 0.585. The molecule has 0 saturated heterocycles. The van der Waals surface area contributed by atoms with Gasteiger partial charge in [0.15, 0.2) is 0 Å². The van der Waals surface area contributed by atoms with E-state index in [4.69, 9.17) is 10.8 Å². The second-order valence-corrected chi connectivity index (χ2v) is 4.95. The molecule has 1 saturated carbocycles. The van der Waals surface area contributed by atoms with Crippen molar-refractivity contribution >= 4 is 0 Å². The first kappa shape index (κ1) is 11.0. The average molecular weight is 186 g/mol. The van der Waals surface area contributed by atoms with Gasteiger partial charge < -0.3 is 16.2 Å². The van der Waals surface area contributed by atoms with E-state index in [1.807, 2.05) is 0 Å². The Hall–Kier alpha value is -0.120. The fourth-order valence-corrected chi connectivity index (χ4v) is 1.64. The molecule has 4 N–H and O–H groups in total. The van der Waals surface area contributed by atoms with Gasteiger partial charge in [-0.3, -0.25) is 0 Å². The first-order valence-electron chi connectivity index (χ1n) is 5.13. The predicted molar refractivity (Wildman–Crippen MR) is 54.5 cm³/mol. The highest BCUT2D eigenvalue weighted by molar-refractivity contribution is 4.88. The van der Waals surface area contributed by atoms with Gasteiger partial charge in [-0.2, -0.15) is 0 Å². The zero-order valence-corrected chi connectivity index (χ0v) is 8.71. The van der Waals surface area contributed by atoms with Gasteiger partial charge in [0.2, 0.25) is 0 Å². The van der Waals surface area contributed by atoms with E-state index < -0.39 is 0 Å². The lowest BCUT2D eigenvalue weighted by atomic mass is 9.85. The standard InChI is InChI=1S/C10H22N2O/c1-10(2,3-4-13)7-12-9-5-8(11)6-9/h8-9,12-13H,3-7,11H2,1-2H3. The first-order valence-corrected chi connectivity index (χ1v) is 5.13.